The zero-order chi connectivity index (χ0) is 17.2. The number of hydrogen-bond donors (Lipinski definition) is 2. The fraction of sp³-hybridized carbons (Fsp3) is 0.350. The highest BCUT2D eigenvalue weighted by Gasteiger charge is 2.10. The number of hydrogen-bond acceptors (Lipinski definition) is 3. The molecule has 0 aliphatic heterocycles. The zero-order valence-corrected chi connectivity index (χ0v) is 14.4. The van der Waals surface area contributed by atoms with Crippen LogP contribution in [-0.2, 0) is 17.8 Å². The van der Waals surface area contributed by atoms with Crippen molar-refractivity contribution < 1.29 is 9.53 Å². The van der Waals surface area contributed by atoms with Gasteiger partial charge in [-0.2, -0.15) is 0 Å². The summed E-state index contributed by atoms with van der Waals surface area (Å²) in [7, 11) is 1.85. The van der Waals surface area contributed by atoms with Crippen molar-refractivity contribution in [1.29, 1.82) is 0 Å². The molecule has 2 rings (SSSR count). The van der Waals surface area contributed by atoms with Gasteiger partial charge < -0.3 is 15.4 Å². The van der Waals surface area contributed by atoms with Gasteiger partial charge in [-0.1, -0.05) is 49.4 Å². The molecule has 4 heteroatoms. The molecule has 2 aromatic rings. The normalized spacial score (nSPS) is 11.8. The monoisotopic (exact) mass is 326 g/mol. The molecule has 1 unspecified atom stereocenters. The molecule has 0 bridgehead atoms. The lowest BCUT2D eigenvalue weighted by Crippen LogP contribution is -2.35. The van der Waals surface area contributed by atoms with Crippen LogP contribution in [0.3, 0.4) is 0 Å². The number of ether oxygens (including phenoxy) is 1. The van der Waals surface area contributed by atoms with Crippen molar-refractivity contribution in [2.75, 3.05) is 20.1 Å². The predicted molar refractivity (Wildman–Crippen MR) is 97.0 cm³/mol. The van der Waals surface area contributed by atoms with Crippen molar-refractivity contribution >= 4 is 5.91 Å². The van der Waals surface area contributed by atoms with Gasteiger partial charge in [0.1, 0.15) is 12.4 Å². The van der Waals surface area contributed by atoms with Crippen molar-refractivity contribution in [3.8, 4) is 5.75 Å². The number of rotatable bonds is 9. The third kappa shape index (κ3) is 6.05. The van der Waals surface area contributed by atoms with Gasteiger partial charge in [0.2, 0.25) is 5.91 Å². The van der Waals surface area contributed by atoms with Gasteiger partial charge >= 0.3 is 0 Å². The maximum absolute atomic E-state index is 11.8. The van der Waals surface area contributed by atoms with Crippen molar-refractivity contribution in [3.05, 3.63) is 65.7 Å². The van der Waals surface area contributed by atoms with Crippen LogP contribution >= 0.6 is 0 Å². The largest absolute Gasteiger partial charge is 0.489 e. The van der Waals surface area contributed by atoms with E-state index < -0.39 is 0 Å². The van der Waals surface area contributed by atoms with Gasteiger partial charge in [-0.15, -0.1) is 0 Å². The van der Waals surface area contributed by atoms with Gasteiger partial charge in [0, 0.05) is 19.0 Å². The first kappa shape index (κ1) is 18.0. The molecular formula is C20H26N2O2. The van der Waals surface area contributed by atoms with Crippen molar-refractivity contribution in [2.45, 2.75) is 20.0 Å². The predicted octanol–water partition coefficient (Wildman–Crippen LogP) is 2.78. The van der Waals surface area contributed by atoms with E-state index in [2.05, 4.69) is 10.6 Å². The van der Waals surface area contributed by atoms with E-state index >= 15 is 0 Å². The molecule has 0 aliphatic rings. The molecule has 1 amide bonds. The quantitative estimate of drug-likeness (QED) is 0.745. The summed E-state index contributed by atoms with van der Waals surface area (Å²) >= 11 is 0. The Kier molecular flexibility index (Phi) is 7.30. The highest BCUT2D eigenvalue weighted by Crippen LogP contribution is 2.14. The Balaban J connectivity index is 1.73. The van der Waals surface area contributed by atoms with Crippen LogP contribution < -0.4 is 15.4 Å². The maximum atomic E-state index is 11.8. The lowest BCUT2D eigenvalue weighted by molar-refractivity contribution is -0.124. The lowest BCUT2D eigenvalue weighted by Gasteiger charge is -2.11. The molecule has 2 N–H and O–H groups in total. The number of nitrogens with one attached hydrogen (secondary N) is 2. The minimum Gasteiger partial charge on any atom is -0.489 e. The minimum atomic E-state index is -0.0104. The second-order valence-electron chi connectivity index (χ2n) is 5.92. The second-order valence-corrected chi connectivity index (χ2v) is 5.92. The van der Waals surface area contributed by atoms with E-state index in [1.807, 2.05) is 68.6 Å². The Labute approximate surface area is 144 Å². The van der Waals surface area contributed by atoms with Gasteiger partial charge in [0.05, 0.1) is 0 Å². The Bertz CT molecular complexity index is 611. The van der Waals surface area contributed by atoms with Crippen LogP contribution in [0.4, 0.5) is 0 Å². The smallest absolute Gasteiger partial charge is 0.224 e. The van der Waals surface area contributed by atoms with E-state index in [9.17, 15) is 4.79 Å². The van der Waals surface area contributed by atoms with Crippen LogP contribution in [0.2, 0.25) is 0 Å². The zero-order valence-electron chi connectivity index (χ0n) is 14.4. The Morgan fingerprint density at radius 1 is 1.04 bits per heavy atom. The number of benzene rings is 2. The summed E-state index contributed by atoms with van der Waals surface area (Å²) in [4.78, 5) is 11.8. The molecule has 0 heterocycles. The summed E-state index contributed by atoms with van der Waals surface area (Å²) in [5.74, 6) is 0.935. The van der Waals surface area contributed by atoms with E-state index in [4.69, 9.17) is 4.74 Å². The van der Waals surface area contributed by atoms with E-state index in [1.54, 1.807) is 0 Å². The van der Waals surface area contributed by atoms with Crippen molar-refractivity contribution in [3.63, 3.8) is 0 Å². The van der Waals surface area contributed by atoms with Gasteiger partial charge in [0.25, 0.3) is 0 Å². The highest BCUT2D eigenvalue weighted by atomic mass is 16.5. The SMILES string of the molecule is CNCC(C)C(=O)NCCc1ccc(OCc2ccccc2)cc1. The summed E-state index contributed by atoms with van der Waals surface area (Å²) in [5, 5.41) is 5.98. The first-order chi connectivity index (χ1) is 11.7. The van der Waals surface area contributed by atoms with Crippen LogP contribution in [-0.4, -0.2) is 26.0 Å². The lowest BCUT2D eigenvalue weighted by atomic mass is 10.1. The van der Waals surface area contributed by atoms with E-state index in [0.717, 1.165) is 17.7 Å². The molecule has 2 aromatic carbocycles. The van der Waals surface area contributed by atoms with E-state index in [0.29, 0.717) is 19.7 Å². The maximum Gasteiger partial charge on any atom is 0.224 e. The summed E-state index contributed by atoms with van der Waals surface area (Å²) < 4.78 is 5.77. The molecule has 0 aromatic heterocycles. The topological polar surface area (TPSA) is 50.4 Å². The molecule has 0 saturated heterocycles. The standard InChI is InChI=1S/C20H26N2O2/c1-16(14-21-2)20(23)22-13-12-17-8-10-19(11-9-17)24-15-18-6-4-3-5-7-18/h3-11,16,21H,12-15H2,1-2H3,(H,22,23). The van der Waals surface area contributed by atoms with Crippen molar-refractivity contribution in [1.82, 2.24) is 10.6 Å². The third-order valence-corrected chi connectivity index (χ3v) is 3.84. The van der Waals surface area contributed by atoms with Gasteiger partial charge in [-0.05, 0) is 36.7 Å². The first-order valence-electron chi connectivity index (χ1n) is 8.37. The van der Waals surface area contributed by atoms with Gasteiger partial charge in [-0.3, -0.25) is 4.79 Å². The van der Waals surface area contributed by atoms with Crippen molar-refractivity contribution in [2.24, 2.45) is 5.92 Å². The molecular weight excluding hydrogens is 300 g/mol. The van der Waals surface area contributed by atoms with Crippen LogP contribution in [0.1, 0.15) is 18.1 Å². The van der Waals surface area contributed by atoms with Crippen LogP contribution in [0.25, 0.3) is 0 Å². The van der Waals surface area contributed by atoms with Crippen LogP contribution in [0.5, 0.6) is 5.75 Å². The average molecular weight is 326 g/mol. The molecule has 0 fully saturated rings. The van der Waals surface area contributed by atoms with E-state index in [-0.39, 0.29) is 11.8 Å². The summed E-state index contributed by atoms with van der Waals surface area (Å²) in [5.41, 5.74) is 2.34. The molecule has 0 saturated carbocycles. The Morgan fingerprint density at radius 3 is 2.42 bits per heavy atom. The fourth-order valence-corrected chi connectivity index (χ4v) is 2.40. The molecule has 0 aliphatic carbocycles. The molecule has 0 spiro atoms. The fourth-order valence-electron chi connectivity index (χ4n) is 2.40. The number of carbonyl (C=O) groups is 1. The Hall–Kier alpha value is -2.33. The second kappa shape index (κ2) is 9.73. The summed E-state index contributed by atoms with van der Waals surface area (Å²) in [6.07, 6.45) is 0.816. The number of amides is 1. The number of carbonyl (C=O) groups excluding carboxylic acids is 1. The molecule has 24 heavy (non-hydrogen) atoms. The van der Waals surface area contributed by atoms with Crippen LogP contribution in [0.15, 0.2) is 54.6 Å². The summed E-state index contributed by atoms with van der Waals surface area (Å²) in [6.45, 7) is 3.83. The van der Waals surface area contributed by atoms with Crippen LogP contribution in [0, 0.1) is 5.92 Å². The summed E-state index contributed by atoms with van der Waals surface area (Å²) in [6, 6.07) is 18.1. The van der Waals surface area contributed by atoms with Gasteiger partial charge in [0.15, 0.2) is 0 Å². The molecule has 0 radical (unpaired) electrons. The third-order valence-electron chi connectivity index (χ3n) is 3.84. The molecule has 4 nitrogen and oxygen atoms in total. The highest BCUT2D eigenvalue weighted by molar-refractivity contribution is 5.78. The average Bonchev–Trinajstić information content (AvgIpc) is 2.62. The molecule has 1 atom stereocenters. The van der Waals surface area contributed by atoms with E-state index in [1.165, 1.54) is 5.56 Å². The molecule has 128 valence electrons. The van der Waals surface area contributed by atoms with Gasteiger partial charge in [-0.25, -0.2) is 0 Å². The first-order valence-corrected chi connectivity index (χ1v) is 8.37. The minimum absolute atomic E-state index is 0.0104. The Morgan fingerprint density at radius 2 is 1.75 bits per heavy atom.